The molecule has 0 saturated carbocycles. The number of hydrogen-bond donors (Lipinski definition) is 3. The molecule has 0 radical (unpaired) electrons. The van der Waals surface area contributed by atoms with E-state index in [-0.39, 0.29) is 0 Å². The number of nitrogens with two attached hydrogens (primary N) is 1. The molecule has 0 fully saturated rings. The highest BCUT2D eigenvalue weighted by Crippen LogP contribution is 2.34. The molecule has 0 amide bonds. The molecule has 6 rings (SSSR count). The Kier molecular flexibility index (Phi) is 3.48. The summed E-state index contributed by atoms with van der Waals surface area (Å²) in [6.07, 6.45) is 8.64. The van der Waals surface area contributed by atoms with E-state index in [1.54, 1.807) is 31.1 Å². The largest absolute Gasteiger partial charge is 0.472 e. The van der Waals surface area contributed by atoms with Gasteiger partial charge in [0.2, 0.25) is 0 Å². The molecule has 5 aromatic heterocycles. The Hall–Kier alpha value is -4.39. The number of nitrogens with zero attached hydrogens (tertiary/aromatic N) is 3. The number of aromatic amines is 2. The fourth-order valence-electron chi connectivity index (χ4n) is 3.84. The van der Waals surface area contributed by atoms with Crippen LogP contribution in [0.15, 0.2) is 78.0 Å². The van der Waals surface area contributed by atoms with Crippen molar-refractivity contribution in [3.05, 3.63) is 73.6 Å². The van der Waals surface area contributed by atoms with Gasteiger partial charge in [0.25, 0.3) is 0 Å². The summed E-state index contributed by atoms with van der Waals surface area (Å²) >= 11 is 0. The van der Waals surface area contributed by atoms with Crippen LogP contribution in [0.3, 0.4) is 0 Å². The molecular weight excluding hydrogens is 376 g/mol. The Balaban J connectivity index is 1.52. The summed E-state index contributed by atoms with van der Waals surface area (Å²) in [5, 5.41) is 9.70. The van der Waals surface area contributed by atoms with Crippen LogP contribution in [0, 0.1) is 0 Å². The number of furan rings is 1. The molecule has 0 aliphatic carbocycles. The van der Waals surface area contributed by atoms with E-state index in [4.69, 9.17) is 10.2 Å². The van der Waals surface area contributed by atoms with Gasteiger partial charge >= 0.3 is 0 Å². The molecule has 144 valence electrons. The fourth-order valence-corrected chi connectivity index (χ4v) is 3.84. The fraction of sp³-hybridized carbons (Fsp3) is 0. The number of pyridine rings is 2. The third-order valence-corrected chi connectivity index (χ3v) is 5.27. The molecule has 0 atom stereocenters. The maximum atomic E-state index is 5.91. The molecule has 6 aromatic rings. The average molecular weight is 392 g/mol. The van der Waals surface area contributed by atoms with Crippen LogP contribution in [0.4, 0.5) is 5.69 Å². The van der Waals surface area contributed by atoms with Gasteiger partial charge in [-0.05, 0) is 47.5 Å². The lowest BCUT2D eigenvalue weighted by Gasteiger charge is -2.03. The Labute approximate surface area is 170 Å². The van der Waals surface area contributed by atoms with Gasteiger partial charge in [0.05, 0.1) is 29.4 Å². The summed E-state index contributed by atoms with van der Waals surface area (Å²) in [4.78, 5) is 12.1. The highest BCUT2D eigenvalue weighted by atomic mass is 16.3. The first kappa shape index (κ1) is 16.6. The van der Waals surface area contributed by atoms with Crippen molar-refractivity contribution >= 4 is 27.6 Å². The number of nitrogens with one attached hydrogen (secondary N) is 2. The van der Waals surface area contributed by atoms with E-state index >= 15 is 0 Å². The van der Waals surface area contributed by atoms with Crippen molar-refractivity contribution < 1.29 is 4.42 Å². The zero-order chi connectivity index (χ0) is 20.1. The van der Waals surface area contributed by atoms with Crippen molar-refractivity contribution in [3.8, 4) is 33.6 Å². The summed E-state index contributed by atoms with van der Waals surface area (Å²) < 4.78 is 5.26. The van der Waals surface area contributed by atoms with Crippen molar-refractivity contribution in [2.24, 2.45) is 0 Å². The second-order valence-corrected chi connectivity index (χ2v) is 7.16. The molecule has 7 nitrogen and oxygen atoms in total. The molecule has 0 saturated heterocycles. The van der Waals surface area contributed by atoms with Gasteiger partial charge in [0.15, 0.2) is 0 Å². The zero-order valence-electron chi connectivity index (χ0n) is 15.8. The lowest BCUT2D eigenvalue weighted by molar-refractivity contribution is 0.568. The van der Waals surface area contributed by atoms with Crippen LogP contribution in [-0.2, 0) is 0 Å². The standard InChI is InChI=1S/C23H16N6O/c24-16-7-15(10-25-11-16)13-1-2-20-19(8-13)22(29-28-20)21-9-18-17(14-4-6-30-12-14)3-5-26-23(18)27-21/h1-12H,24H2,(H,26,27)(H,28,29). The van der Waals surface area contributed by atoms with Crippen LogP contribution in [-0.4, -0.2) is 25.1 Å². The first-order chi connectivity index (χ1) is 14.8. The van der Waals surface area contributed by atoms with Crippen LogP contribution < -0.4 is 5.73 Å². The van der Waals surface area contributed by atoms with E-state index < -0.39 is 0 Å². The Bertz CT molecular complexity index is 1510. The summed E-state index contributed by atoms with van der Waals surface area (Å²) in [5.74, 6) is 0. The molecule has 30 heavy (non-hydrogen) atoms. The summed E-state index contributed by atoms with van der Waals surface area (Å²) in [5.41, 5.74) is 14.1. The number of hydrogen-bond acceptors (Lipinski definition) is 5. The van der Waals surface area contributed by atoms with E-state index in [1.165, 1.54) is 0 Å². The van der Waals surface area contributed by atoms with Crippen molar-refractivity contribution in [1.82, 2.24) is 25.1 Å². The maximum Gasteiger partial charge on any atom is 0.138 e. The molecule has 4 N–H and O–H groups in total. The van der Waals surface area contributed by atoms with Gasteiger partial charge in [-0.15, -0.1) is 0 Å². The van der Waals surface area contributed by atoms with Crippen molar-refractivity contribution in [3.63, 3.8) is 0 Å². The summed E-state index contributed by atoms with van der Waals surface area (Å²) in [6, 6.07) is 14.1. The number of H-pyrrole nitrogens is 2. The van der Waals surface area contributed by atoms with Crippen LogP contribution in [0.5, 0.6) is 0 Å². The Morgan fingerprint density at radius 1 is 0.900 bits per heavy atom. The first-order valence-corrected chi connectivity index (χ1v) is 9.46. The number of benzene rings is 1. The van der Waals surface area contributed by atoms with E-state index in [9.17, 15) is 0 Å². The highest BCUT2D eigenvalue weighted by molar-refractivity contribution is 6.00. The Morgan fingerprint density at radius 2 is 1.87 bits per heavy atom. The number of rotatable bonds is 3. The van der Waals surface area contributed by atoms with E-state index in [2.05, 4.69) is 37.3 Å². The summed E-state index contributed by atoms with van der Waals surface area (Å²) in [7, 11) is 0. The lowest BCUT2D eigenvalue weighted by Crippen LogP contribution is -1.87. The molecular formula is C23H16N6O. The first-order valence-electron chi connectivity index (χ1n) is 9.46. The predicted octanol–water partition coefficient (Wildman–Crippen LogP) is 5.01. The minimum Gasteiger partial charge on any atom is -0.472 e. The quantitative estimate of drug-likeness (QED) is 0.392. The molecule has 5 heterocycles. The van der Waals surface area contributed by atoms with Gasteiger partial charge in [0.1, 0.15) is 11.3 Å². The van der Waals surface area contributed by atoms with Crippen LogP contribution in [0.2, 0.25) is 0 Å². The average Bonchev–Trinajstić information content (AvgIpc) is 3.51. The number of anilines is 1. The number of nitrogen functional groups attached to an aromatic ring is 1. The van der Waals surface area contributed by atoms with Gasteiger partial charge in [-0.2, -0.15) is 5.10 Å². The second kappa shape index (κ2) is 6.31. The topological polar surface area (TPSA) is 109 Å². The van der Waals surface area contributed by atoms with E-state index in [0.717, 1.165) is 55.6 Å². The van der Waals surface area contributed by atoms with Crippen molar-refractivity contribution in [2.75, 3.05) is 5.73 Å². The third kappa shape index (κ3) is 2.56. The molecule has 7 heteroatoms. The maximum absolute atomic E-state index is 5.91. The lowest BCUT2D eigenvalue weighted by atomic mass is 10.0. The normalized spacial score (nSPS) is 11.5. The van der Waals surface area contributed by atoms with Gasteiger partial charge in [-0.25, -0.2) is 4.98 Å². The zero-order valence-corrected chi connectivity index (χ0v) is 15.8. The molecule has 0 aliphatic heterocycles. The molecule has 0 aliphatic rings. The molecule has 0 unspecified atom stereocenters. The minimum absolute atomic E-state index is 0.633. The van der Waals surface area contributed by atoms with E-state index in [1.807, 2.05) is 30.3 Å². The number of fused-ring (bicyclic) bond motifs is 2. The van der Waals surface area contributed by atoms with Crippen LogP contribution in [0.25, 0.3) is 55.6 Å². The monoisotopic (exact) mass is 392 g/mol. The Morgan fingerprint density at radius 3 is 2.73 bits per heavy atom. The molecule has 0 bridgehead atoms. The van der Waals surface area contributed by atoms with Crippen LogP contribution in [0.1, 0.15) is 0 Å². The van der Waals surface area contributed by atoms with Crippen molar-refractivity contribution in [1.29, 1.82) is 0 Å². The van der Waals surface area contributed by atoms with Gasteiger partial charge in [-0.3, -0.25) is 10.1 Å². The minimum atomic E-state index is 0.633. The molecule has 1 aromatic carbocycles. The smallest absolute Gasteiger partial charge is 0.138 e. The van der Waals surface area contributed by atoms with E-state index in [0.29, 0.717) is 5.69 Å². The summed E-state index contributed by atoms with van der Waals surface area (Å²) in [6.45, 7) is 0. The van der Waals surface area contributed by atoms with Crippen molar-refractivity contribution in [2.45, 2.75) is 0 Å². The SMILES string of the molecule is Nc1cncc(-c2ccc3[nH]nc(-c4cc5c(-c6ccoc6)ccnc5[nH]4)c3c2)c1. The highest BCUT2D eigenvalue weighted by Gasteiger charge is 2.15. The third-order valence-electron chi connectivity index (χ3n) is 5.27. The van der Waals surface area contributed by atoms with Gasteiger partial charge < -0.3 is 15.1 Å². The molecule has 0 spiro atoms. The predicted molar refractivity (Wildman–Crippen MR) is 117 cm³/mol. The van der Waals surface area contributed by atoms with Gasteiger partial charge in [-0.1, -0.05) is 6.07 Å². The van der Waals surface area contributed by atoms with Gasteiger partial charge in [0, 0.05) is 40.5 Å². The van der Waals surface area contributed by atoms with Crippen LogP contribution >= 0.6 is 0 Å². The second-order valence-electron chi connectivity index (χ2n) is 7.16. The number of aromatic nitrogens is 5.